The van der Waals surface area contributed by atoms with E-state index in [2.05, 4.69) is 40.9 Å². The molecule has 1 fully saturated rings. The lowest BCUT2D eigenvalue weighted by Gasteiger charge is -2.32. The molecule has 3 rings (SSSR count). The van der Waals surface area contributed by atoms with E-state index < -0.39 is 0 Å². The molecule has 0 saturated carbocycles. The molecule has 6 heteroatoms. The van der Waals surface area contributed by atoms with Crippen LogP contribution < -0.4 is 4.90 Å². The maximum Gasteiger partial charge on any atom is 0.203 e. The van der Waals surface area contributed by atoms with Gasteiger partial charge in [0.1, 0.15) is 5.82 Å². The van der Waals surface area contributed by atoms with Crippen molar-refractivity contribution in [2.24, 2.45) is 5.92 Å². The van der Waals surface area contributed by atoms with Gasteiger partial charge in [-0.05, 0) is 12.8 Å². The van der Waals surface area contributed by atoms with E-state index in [4.69, 9.17) is 0 Å². The number of anilines is 1. The van der Waals surface area contributed by atoms with Gasteiger partial charge in [0.2, 0.25) is 5.65 Å². The van der Waals surface area contributed by atoms with Crippen LogP contribution in [0.1, 0.15) is 39.4 Å². The van der Waals surface area contributed by atoms with Crippen molar-refractivity contribution in [1.82, 2.24) is 19.6 Å². The summed E-state index contributed by atoms with van der Waals surface area (Å²) in [5.74, 6) is 1.84. The number of hydrogen-bond donors (Lipinski definition) is 0. The Morgan fingerprint density at radius 1 is 1.33 bits per heavy atom. The second-order valence-electron chi connectivity index (χ2n) is 6.83. The fourth-order valence-corrected chi connectivity index (χ4v) is 2.93. The van der Waals surface area contributed by atoms with Crippen LogP contribution in [0.5, 0.6) is 0 Å². The lowest BCUT2D eigenvalue weighted by Crippen LogP contribution is -2.37. The van der Waals surface area contributed by atoms with Gasteiger partial charge >= 0.3 is 0 Å². The summed E-state index contributed by atoms with van der Waals surface area (Å²) in [4.78, 5) is 6.62. The van der Waals surface area contributed by atoms with Crippen LogP contribution in [-0.4, -0.2) is 39.3 Å². The number of rotatable bonds is 2. The van der Waals surface area contributed by atoms with E-state index in [1.54, 1.807) is 6.20 Å². The molecule has 0 radical (unpaired) electrons. The molecule has 1 aliphatic heterocycles. The summed E-state index contributed by atoms with van der Waals surface area (Å²) < 4.78 is 15.0. The van der Waals surface area contributed by atoms with Gasteiger partial charge in [-0.25, -0.2) is 4.98 Å². The van der Waals surface area contributed by atoms with Gasteiger partial charge in [0.25, 0.3) is 0 Å². The predicted molar refractivity (Wildman–Crippen MR) is 80.4 cm³/mol. The largest absolute Gasteiger partial charge is 0.353 e. The molecule has 1 unspecified atom stereocenters. The molecule has 1 saturated heterocycles. The molecular formula is C15H22FN5. The predicted octanol–water partition coefficient (Wildman–Crippen LogP) is 2.61. The highest BCUT2D eigenvalue weighted by atomic mass is 19.1. The molecule has 0 aromatic carbocycles. The summed E-state index contributed by atoms with van der Waals surface area (Å²) in [5.41, 5.74) is 0.684. The molecule has 3 heterocycles. The van der Waals surface area contributed by atoms with Crippen molar-refractivity contribution in [2.75, 3.05) is 24.7 Å². The smallest absolute Gasteiger partial charge is 0.203 e. The van der Waals surface area contributed by atoms with Crippen LogP contribution in [0.2, 0.25) is 0 Å². The fourth-order valence-electron chi connectivity index (χ4n) is 2.93. The van der Waals surface area contributed by atoms with Crippen LogP contribution in [-0.2, 0) is 5.41 Å². The Hall–Kier alpha value is -1.72. The molecule has 0 amide bonds. The van der Waals surface area contributed by atoms with Crippen molar-refractivity contribution in [3.8, 4) is 0 Å². The molecule has 2 aromatic heterocycles. The van der Waals surface area contributed by atoms with Crippen LogP contribution in [0.3, 0.4) is 0 Å². The van der Waals surface area contributed by atoms with Gasteiger partial charge in [0.05, 0.1) is 6.67 Å². The maximum absolute atomic E-state index is 13.0. The van der Waals surface area contributed by atoms with Crippen molar-refractivity contribution in [2.45, 2.75) is 39.0 Å². The zero-order chi connectivity index (χ0) is 15.0. The Balaban J connectivity index is 2.02. The van der Waals surface area contributed by atoms with Crippen molar-refractivity contribution >= 4 is 11.5 Å². The number of alkyl halides is 1. The highest BCUT2D eigenvalue weighted by Gasteiger charge is 2.26. The SMILES string of the molecule is CC(C)(C)c1nnc2c(N3CCCC(CF)C3)nccn12. The van der Waals surface area contributed by atoms with E-state index in [1.807, 2.05) is 10.6 Å². The third-order valence-corrected chi connectivity index (χ3v) is 4.02. The van der Waals surface area contributed by atoms with Crippen LogP contribution in [0.25, 0.3) is 5.65 Å². The Labute approximate surface area is 124 Å². The summed E-state index contributed by atoms with van der Waals surface area (Å²) in [6.07, 6.45) is 5.63. The Morgan fingerprint density at radius 3 is 2.86 bits per heavy atom. The standard InChI is InChI=1S/C15H22FN5/c1-15(2,3)14-19-18-13-12(17-6-8-21(13)14)20-7-4-5-11(9-16)10-20/h6,8,11H,4-5,7,9-10H2,1-3H3. The Bertz CT molecular complexity index is 631. The van der Waals surface area contributed by atoms with Crippen molar-refractivity contribution < 1.29 is 4.39 Å². The van der Waals surface area contributed by atoms with E-state index >= 15 is 0 Å². The minimum Gasteiger partial charge on any atom is -0.353 e. The fraction of sp³-hybridized carbons (Fsp3) is 0.667. The van der Waals surface area contributed by atoms with Crippen LogP contribution in [0.4, 0.5) is 10.2 Å². The van der Waals surface area contributed by atoms with Crippen LogP contribution in [0.15, 0.2) is 12.4 Å². The molecule has 0 spiro atoms. The van der Waals surface area contributed by atoms with E-state index in [1.165, 1.54) is 0 Å². The van der Waals surface area contributed by atoms with Gasteiger partial charge in [0, 0.05) is 36.8 Å². The number of piperidine rings is 1. The molecule has 21 heavy (non-hydrogen) atoms. The summed E-state index contributed by atoms with van der Waals surface area (Å²) in [6.45, 7) is 7.69. The Morgan fingerprint density at radius 2 is 2.14 bits per heavy atom. The normalized spacial score (nSPS) is 20.2. The summed E-state index contributed by atoms with van der Waals surface area (Å²) >= 11 is 0. The second-order valence-corrected chi connectivity index (χ2v) is 6.83. The number of nitrogens with zero attached hydrogens (tertiary/aromatic N) is 5. The van der Waals surface area contributed by atoms with Crippen molar-refractivity contribution in [3.05, 3.63) is 18.2 Å². The molecule has 0 N–H and O–H groups in total. The average molecular weight is 291 g/mol. The highest BCUT2D eigenvalue weighted by Crippen LogP contribution is 2.27. The lowest BCUT2D eigenvalue weighted by atomic mass is 9.96. The van der Waals surface area contributed by atoms with E-state index in [-0.39, 0.29) is 18.0 Å². The molecule has 2 aromatic rings. The van der Waals surface area contributed by atoms with Gasteiger partial charge in [-0.3, -0.25) is 8.79 Å². The topological polar surface area (TPSA) is 46.3 Å². The van der Waals surface area contributed by atoms with Crippen molar-refractivity contribution in [1.29, 1.82) is 0 Å². The molecule has 0 aliphatic carbocycles. The first-order valence-corrected chi connectivity index (χ1v) is 7.52. The summed E-state index contributed by atoms with van der Waals surface area (Å²) in [6, 6.07) is 0. The van der Waals surface area contributed by atoms with E-state index in [9.17, 15) is 4.39 Å². The van der Waals surface area contributed by atoms with E-state index in [0.717, 1.165) is 36.7 Å². The van der Waals surface area contributed by atoms with E-state index in [0.29, 0.717) is 6.54 Å². The number of hydrogen-bond acceptors (Lipinski definition) is 4. The monoisotopic (exact) mass is 291 g/mol. The van der Waals surface area contributed by atoms with Gasteiger partial charge in [-0.15, -0.1) is 10.2 Å². The molecule has 114 valence electrons. The zero-order valence-corrected chi connectivity index (χ0v) is 12.9. The summed E-state index contributed by atoms with van der Waals surface area (Å²) in [5, 5.41) is 8.66. The van der Waals surface area contributed by atoms with Gasteiger partial charge in [-0.2, -0.15) is 0 Å². The highest BCUT2D eigenvalue weighted by molar-refractivity contribution is 5.64. The molecule has 0 bridgehead atoms. The first kappa shape index (κ1) is 14.2. The third kappa shape index (κ3) is 2.59. The molecule has 5 nitrogen and oxygen atoms in total. The third-order valence-electron chi connectivity index (χ3n) is 4.02. The lowest BCUT2D eigenvalue weighted by molar-refractivity contribution is 0.315. The van der Waals surface area contributed by atoms with Crippen molar-refractivity contribution in [3.63, 3.8) is 0 Å². The number of aromatic nitrogens is 4. The van der Waals surface area contributed by atoms with Gasteiger partial charge in [0.15, 0.2) is 5.82 Å². The Kier molecular flexibility index (Phi) is 3.55. The van der Waals surface area contributed by atoms with Gasteiger partial charge < -0.3 is 4.90 Å². The minimum atomic E-state index is -0.264. The summed E-state index contributed by atoms with van der Waals surface area (Å²) in [7, 11) is 0. The minimum absolute atomic E-state index is 0.0819. The maximum atomic E-state index is 13.0. The molecule has 1 atom stereocenters. The second kappa shape index (κ2) is 5.24. The number of halogens is 1. The average Bonchev–Trinajstić information content (AvgIpc) is 2.91. The van der Waals surface area contributed by atoms with Gasteiger partial charge in [-0.1, -0.05) is 20.8 Å². The molecular weight excluding hydrogens is 269 g/mol. The van der Waals surface area contributed by atoms with Crippen LogP contribution in [0, 0.1) is 5.92 Å². The molecule has 1 aliphatic rings. The first-order chi connectivity index (χ1) is 10.0. The van der Waals surface area contributed by atoms with Crippen LogP contribution >= 0.6 is 0 Å². The number of fused-ring (bicyclic) bond motifs is 1. The zero-order valence-electron chi connectivity index (χ0n) is 12.9. The first-order valence-electron chi connectivity index (χ1n) is 7.52. The quantitative estimate of drug-likeness (QED) is 0.853.